The lowest BCUT2D eigenvalue weighted by Gasteiger charge is -2.30. The second-order valence-electron chi connectivity index (χ2n) is 8.42. The molecule has 2 fully saturated rings. The summed E-state index contributed by atoms with van der Waals surface area (Å²) < 4.78 is 13.9. The smallest absolute Gasteiger partial charge is 0.224 e. The van der Waals surface area contributed by atoms with Gasteiger partial charge < -0.3 is 5.32 Å². The van der Waals surface area contributed by atoms with Gasteiger partial charge >= 0.3 is 0 Å². The molecular formula is C24H29FN2O. The molecule has 1 amide bonds. The van der Waals surface area contributed by atoms with E-state index < -0.39 is 0 Å². The summed E-state index contributed by atoms with van der Waals surface area (Å²) in [6, 6.07) is 15.2. The Hall–Kier alpha value is -2.20. The number of amides is 1. The van der Waals surface area contributed by atoms with Gasteiger partial charge in [-0.1, -0.05) is 49.4 Å². The van der Waals surface area contributed by atoms with Crippen molar-refractivity contribution < 1.29 is 9.18 Å². The molecule has 1 saturated carbocycles. The lowest BCUT2D eigenvalue weighted by atomic mass is 9.98. The lowest BCUT2D eigenvalue weighted by molar-refractivity contribution is -0.122. The van der Waals surface area contributed by atoms with Crippen LogP contribution in [0.2, 0.25) is 0 Å². The maximum Gasteiger partial charge on any atom is 0.224 e. The fourth-order valence-corrected chi connectivity index (χ4v) is 4.26. The van der Waals surface area contributed by atoms with E-state index in [-0.39, 0.29) is 23.6 Å². The van der Waals surface area contributed by atoms with Gasteiger partial charge in [0.25, 0.3) is 0 Å². The molecule has 2 unspecified atom stereocenters. The molecule has 2 aromatic carbocycles. The molecule has 0 spiro atoms. The van der Waals surface area contributed by atoms with Crippen molar-refractivity contribution in [1.82, 2.24) is 10.2 Å². The number of carbonyl (C=O) groups excluding carboxylic acids is 1. The molecule has 2 atom stereocenters. The number of nitrogens with zero attached hydrogens (tertiary/aromatic N) is 1. The van der Waals surface area contributed by atoms with Crippen molar-refractivity contribution in [1.29, 1.82) is 0 Å². The molecule has 148 valence electrons. The number of piperidine rings is 1. The zero-order valence-corrected chi connectivity index (χ0v) is 16.5. The summed E-state index contributed by atoms with van der Waals surface area (Å²) >= 11 is 0. The molecule has 1 aliphatic carbocycles. The predicted octanol–water partition coefficient (Wildman–Crippen LogP) is 4.48. The number of hydrogen-bond donors (Lipinski definition) is 1. The Morgan fingerprint density at radius 1 is 1.07 bits per heavy atom. The van der Waals surface area contributed by atoms with Crippen LogP contribution in [0.15, 0.2) is 48.5 Å². The summed E-state index contributed by atoms with van der Waals surface area (Å²) in [6.45, 7) is 6.11. The Morgan fingerprint density at radius 3 is 2.50 bits per heavy atom. The zero-order chi connectivity index (χ0) is 19.5. The summed E-state index contributed by atoms with van der Waals surface area (Å²) in [5.74, 6) is 0.574. The number of halogens is 1. The minimum Gasteiger partial charge on any atom is -0.352 e. The number of rotatable bonds is 6. The minimum absolute atomic E-state index is 0.0202. The van der Waals surface area contributed by atoms with Crippen LogP contribution in [0.25, 0.3) is 0 Å². The molecule has 1 saturated heterocycles. The Morgan fingerprint density at radius 2 is 1.75 bits per heavy atom. The van der Waals surface area contributed by atoms with E-state index in [0.29, 0.717) is 12.1 Å². The first-order valence-electron chi connectivity index (χ1n) is 10.4. The highest BCUT2D eigenvalue weighted by Gasteiger charge is 2.44. The van der Waals surface area contributed by atoms with Gasteiger partial charge in [0.2, 0.25) is 5.91 Å². The fourth-order valence-electron chi connectivity index (χ4n) is 4.26. The maximum absolute atomic E-state index is 13.9. The highest BCUT2D eigenvalue weighted by atomic mass is 19.1. The van der Waals surface area contributed by atoms with Gasteiger partial charge in [0.1, 0.15) is 5.82 Å². The van der Waals surface area contributed by atoms with Crippen molar-refractivity contribution >= 4 is 5.91 Å². The van der Waals surface area contributed by atoms with Crippen molar-refractivity contribution in [2.24, 2.45) is 11.8 Å². The molecule has 3 nitrogen and oxygen atoms in total. The van der Waals surface area contributed by atoms with Crippen LogP contribution in [-0.2, 0) is 17.9 Å². The lowest BCUT2D eigenvalue weighted by Crippen LogP contribution is -2.33. The predicted molar refractivity (Wildman–Crippen MR) is 109 cm³/mol. The molecular weight excluding hydrogens is 351 g/mol. The molecule has 1 N–H and O–H groups in total. The Balaban J connectivity index is 1.33. The fraction of sp³-hybridized carbons (Fsp3) is 0.458. The summed E-state index contributed by atoms with van der Waals surface area (Å²) in [5, 5.41) is 3.08. The Labute approximate surface area is 166 Å². The standard InChI is InChI=1S/C24H29FN2O/c1-17-10-12-27(13-11-17)16-19-7-3-2-6-18(19)15-26-24(28)22-14-21(22)20-8-4-5-9-23(20)25/h2-9,17,21-22H,10-16H2,1H3,(H,26,28). The van der Waals surface area contributed by atoms with Crippen molar-refractivity contribution in [2.45, 2.75) is 45.2 Å². The average molecular weight is 381 g/mol. The van der Waals surface area contributed by atoms with E-state index in [1.54, 1.807) is 12.1 Å². The van der Waals surface area contributed by atoms with Gasteiger partial charge in [-0.25, -0.2) is 4.39 Å². The van der Waals surface area contributed by atoms with Crippen molar-refractivity contribution in [2.75, 3.05) is 13.1 Å². The first kappa shape index (κ1) is 19.1. The van der Waals surface area contributed by atoms with E-state index in [0.717, 1.165) is 32.0 Å². The van der Waals surface area contributed by atoms with Gasteiger partial charge in [-0.2, -0.15) is 0 Å². The Bertz CT molecular complexity index is 829. The zero-order valence-electron chi connectivity index (χ0n) is 16.5. The van der Waals surface area contributed by atoms with Crippen molar-refractivity contribution in [3.8, 4) is 0 Å². The van der Waals surface area contributed by atoms with Crippen LogP contribution in [0, 0.1) is 17.7 Å². The minimum atomic E-state index is -0.205. The van der Waals surface area contributed by atoms with Gasteiger partial charge in [-0.3, -0.25) is 9.69 Å². The van der Waals surface area contributed by atoms with Crippen LogP contribution in [0.3, 0.4) is 0 Å². The monoisotopic (exact) mass is 380 g/mol. The molecule has 4 heteroatoms. The van der Waals surface area contributed by atoms with Gasteiger partial charge in [0.05, 0.1) is 0 Å². The first-order chi connectivity index (χ1) is 13.6. The molecule has 28 heavy (non-hydrogen) atoms. The number of hydrogen-bond acceptors (Lipinski definition) is 2. The summed E-state index contributed by atoms with van der Waals surface area (Å²) in [4.78, 5) is 15.1. The van der Waals surface area contributed by atoms with Crippen molar-refractivity contribution in [3.05, 3.63) is 71.0 Å². The molecule has 2 aliphatic rings. The van der Waals surface area contributed by atoms with Crippen LogP contribution in [0.5, 0.6) is 0 Å². The molecule has 0 radical (unpaired) electrons. The quantitative estimate of drug-likeness (QED) is 0.801. The highest BCUT2D eigenvalue weighted by Crippen LogP contribution is 2.48. The molecule has 1 heterocycles. The number of nitrogens with one attached hydrogen (secondary N) is 1. The van der Waals surface area contributed by atoms with Gasteiger partial charge in [0, 0.05) is 19.0 Å². The van der Waals surface area contributed by atoms with Gasteiger partial charge in [-0.15, -0.1) is 0 Å². The molecule has 1 aliphatic heterocycles. The second kappa shape index (κ2) is 8.44. The molecule has 0 bridgehead atoms. The number of likely N-dealkylation sites (tertiary alicyclic amines) is 1. The van der Waals surface area contributed by atoms with E-state index in [9.17, 15) is 9.18 Å². The topological polar surface area (TPSA) is 32.3 Å². The Kier molecular flexibility index (Phi) is 5.77. The maximum atomic E-state index is 13.9. The van der Waals surface area contributed by atoms with Crippen molar-refractivity contribution in [3.63, 3.8) is 0 Å². The van der Waals surface area contributed by atoms with E-state index in [4.69, 9.17) is 0 Å². The van der Waals surface area contributed by atoms with Gasteiger partial charge in [-0.05, 0) is 66.9 Å². The third kappa shape index (κ3) is 4.44. The van der Waals surface area contributed by atoms with E-state index in [2.05, 4.69) is 35.3 Å². The van der Waals surface area contributed by atoms with E-state index in [1.807, 2.05) is 12.1 Å². The molecule has 0 aromatic heterocycles. The molecule has 2 aromatic rings. The average Bonchev–Trinajstić information content (AvgIpc) is 3.50. The largest absolute Gasteiger partial charge is 0.352 e. The van der Waals surface area contributed by atoms with Crippen LogP contribution in [-0.4, -0.2) is 23.9 Å². The van der Waals surface area contributed by atoms with Crippen LogP contribution < -0.4 is 5.32 Å². The highest BCUT2D eigenvalue weighted by molar-refractivity contribution is 5.82. The van der Waals surface area contributed by atoms with E-state index >= 15 is 0 Å². The summed E-state index contributed by atoms with van der Waals surface area (Å²) in [6.07, 6.45) is 3.26. The third-order valence-corrected chi connectivity index (χ3v) is 6.27. The SMILES string of the molecule is CC1CCN(Cc2ccccc2CNC(=O)C2CC2c2ccccc2F)CC1. The van der Waals surface area contributed by atoms with Crippen LogP contribution in [0.1, 0.15) is 48.8 Å². The second-order valence-corrected chi connectivity index (χ2v) is 8.42. The van der Waals surface area contributed by atoms with Gasteiger partial charge in [0.15, 0.2) is 0 Å². The number of carbonyl (C=O) groups is 1. The van der Waals surface area contributed by atoms with Crippen LogP contribution >= 0.6 is 0 Å². The first-order valence-corrected chi connectivity index (χ1v) is 10.4. The third-order valence-electron chi connectivity index (χ3n) is 6.27. The normalized spacial score (nSPS) is 22.8. The number of benzene rings is 2. The van der Waals surface area contributed by atoms with E-state index in [1.165, 1.54) is 30.0 Å². The summed E-state index contributed by atoms with van der Waals surface area (Å²) in [7, 11) is 0. The van der Waals surface area contributed by atoms with Crippen LogP contribution in [0.4, 0.5) is 4.39 Å². The molecule has 4 rings (SSSR count). The summed E-state index contributed by atoms with van der Waals surface area (Å²) in [5.41, 5.74) is 3.14.